The average molecular weight is 325 g/mol. The van der Waals surface area contributed by atoms with E-state index < -0.39 is 0 Å². The fourth-order valence-corrected chi connectivity index (χ4v) is 2.94. The second kappa shape index (κ2) is 7.06. The van der Waals surface area contributed by atoms with E-state index in [-0.39, 0.29) is 5.91 Å². The van der Waals surface area contributed by atoms with Gasteiger partial charge in [0.15, 0.2) is 0 Å². The van der Waals surface area contributed by atoms with E-state index in [2.05, 4.69) is 27.3 Å². The molecule has 4 heteroatoms. The lowest BCUT2D eigenvalue weighted by molar-refractivity contribution is -0.130. The topological polar surface area (TPSA) is 32.3 Å². The maximum absolute atomic E-state index is 12.1. The molecule has 0 spiro atoms. The summed E-state index contributed by atoms with van der Waals surface area (Å²) in [5.74, 6) is 0.230. The Balaban J connectivity index is 1.78. The summed E-state index contributed by atoms with van der Waals surface area (Å²) in [6.45, 7) is 1.78. The molecule has 1 amide bonds. The number of hydrogen-bond acceptors (Lipinski definition) is 2. The Bertz CT molecular complexity index is 430. The van der Waals surface area contributed by atoms with Crippen molar-refractivity contribution in [3.8, 4) is 0 Å². The van der Waals surface area contributed by atoms with Gasteiger partial charge in [0.2, 0.25) is 5.91 Å². The molecule has 1 fully saturated rings. The first kappa shape index (κ1) is 14.5. The Hall–Kier alpha value is -0.870. The van der Waals surface area contributed by atoms with Gasteiger partial charge in [0, 0.05) is 30.5 Å². The minimum Gasteiger partial charge on any atom is -0.341 e. The minimum atomic E-state index is 0.230. The summed E-state index contributed by atoms with van der Waals surface area (Å²) in [5.41, 5.74) is 1.16. The fraction of sp³-hybridized carbons (Fsp3) is 0.533. The van der Waals surface area contributed by atoms with Crippen molar-refractivity contribution in [3.05, 3.63) is 34.3 Å². The number of halogens is 1. The highest BCUT2D eigenvalue weighted by Crippen LogP contribution is 2.15. The molecule has 104 valence electrons. The summed E-state index contributed by atoms with van der Waals surface area (Å²) in [6.07, 6.45) is 4.05. The van der Waals surface area contributed by atoms with Gasteiger partial charge in [-0.1, -0.05) is 28.1 Å². The van der Waals surface area contributed by atoms with Gasteiger partial charge in [0.05, 0.1) is 0 Å². The lowest BCUT2D eigenvalue weighted by Crippen LogP contribution is -2.29. The second-order valence-electron chi connectivity index (χ2n) is 5.21. The standard InChI is InChI=1S/C15H21BrN2O/c1-18(11-12-4-2-5-13(16)10-12)15(19)8-7-14-6-3-9-17-14/h2,4-5,10,14,17H,3,6-9,11H2,1H3. The predicted molar refractivity (Wildman–Crippen MR) is 80.9 cm³/mol. The fourth-order valence-electron chi connectivity index (χ4n) is 2.49. The third kappa shape index (κ3) is 4.62. The SMILES string of the molecule is CN(Cc1cccc(Br)c1)C(=O)CCC1CCCN1. The number of amides is 1. The number of nitrogens with one attached hydrogen (secondary N) is 1. The first-order chi connectivity index (χ1) is 9.15. The Morgan fingerprint density at radius 3 is 3.05 bits per heavy atom. The van der Waals surface area contributed by atoms with E-state index in [0.29, 0.717) is 19.0 Å². The zero-order valence-corrected chi connectivity index (χ0v) is 12.9. The van der Waals surface area contributed by atoms with Crippen LogP contribution >= 0.6 is 15.9 Å². The van der Waals surface area contributed by atoms with Crippen molar-refractivity contribution in [1.29, 1.82) is 0 Å². The summed E-state index contributed by atoms with van der Waals surface area (Å²) in [5, 5.41) is 3.43. The Morgan fingerprint density at radius 2 is 2.37 bits per heavy atom. The van der Waals surface area contributed by atoms with E-state index in [9.17, 15) is 4.79 Å². The molecule has 1 aromatic rings. The van der Waals surface area contributed by atoms with Crippen LogP contribution in [-0.2, 0) is 11.3 Å². The van der Waals surface area contributed by atoms with Crippen LogP contribution in [0.15, 0.2) is 28.7 Å². The smallest absolute Gasteiger partial charge is 0.222 e. The monoisotopic (exact) mass is 324 g/mol. The first-order valence-electron chi connectivity index (χ1n) is 6.87. The van der Waals surface area contributed by atoms with Crippen molar-refractivity contribution in [2.24, 2.45) is 0 Å². The molecule has 1 heterocycles. The second-order valence-corrected chi connectivity index (χ2v) is 6.13. The number of carbonyl (C=O) groups excluding carboxylic acids is 1. The number of benzene rings is 1. The molecule has 1 atom stereocenters. The molecular weight excluding hydrogens is 304 g/mol. The lowest BCUT2D eigenvalue weighted by atomic mass is 10.1. The van der Waals surface area contributed by atoms with Crippen molar-refractivity contribution in [2.45, 2.75) is 38.3 Å². The van der Waals surface area contributed by atoms with E-state index in [1.54, 1.807) is 0 Å². The van der Waals surface area contributed by atoms with Crippen LogP contribution in [0.4, 0.5) is 0 Å². The van der Waals surface area contributed by atoms with Crippen LogP contribution in [0.3, 0.4) is 0 Å². The van der Waals surface area contributed by atoms with Crippen LogP contribution in [0.1, 0.15) is 31.2 Å². The third-order valence-corrected chi connectivity index (χ3v) is 4.10. The molecule has 2 rings (SSSR count). The van der Waals surface area contributed by atoms with Crippen LogP contribution in [0.2, 0.25) is 0 Å². The predicted octanol–water partition coefficient (Wildman–Crippen LogP) is 2.94. The molecule has 0 saturated carbocycles. The van der Waals surface area contributed by atoms with Gasteiger partial charge < -0.3 is 10.2 Å². The number of nitrogens with zero attached hydrogens (tertiary/aromatic N) is 1. The van der Waals surface area contributed by atoms with Gasteiger partial charge in [-0.15, -0.1) is 0 Å². The quantitative estimate of drug-likeness (QED) is 0.903. The van der Waals surface area contributed by atoms with Gasteiger partial charge in [0.25, 0.3) is 0 Å². The van der Waals surface area contributed by atoms with Crippen LogP contribution < -0.4 is 5.32 Å². The normalized spacial score (nSPS) is 18.5. The first-order valence-corrected chi connectivity index (χ1v) is 7.66. The Morgan fingerprint density at radius 1 is 1.53 bits per heavy atom. The van der Waals surface area contributed by atoms with Gasteiger partial charge in [-0.25, -0.2) is 0 Å². The summed E-state index contributed by atoms with van der Waals surface area (Å²) < 4.78 is 1.06. The van der Waals surface area contributed by atoms with Crippen molar-refractivity contribution in [2.75, 3.05) is 13.6 Å². The molecule has 1 aliphatic heterocycles. The lowest BCUT2D eigenvalue weighted by Gasteiger charge is -2.18. The summed E-state index contributed by atoms with van der Waals surface area (Å²) in [4.78, 5) is 13.9. The van der Waals surface area contributed by atoms with Crippen LogP contribution in [-0.4, -0.2) is 30.4 Å². The van der Waals surface area contributed by atoms with Gasteiger partial charge in [0.1, 0.15) is 0 Å². The van der Waals surface area contributed by atoms with Crippen LogP contribution in [0, 0.1) is 0 Å². The Labute approximate surface area is 123 Å². The van der Waals surface area contributed by atoms with E-state index in [1.165, 1.54) is 12.8 Å². The van der Waals surface area contributed by atoms with Gasteiger partial charge in [-0.3, -0.25) is 4.79 Å². The largest absolute Gasteiger partial charge is 0.341 e. The van der Waals surface area contributed by atoms with Gasteiger partial charge in [-0.05, 0) is 43.5 Å². The van der Waals surface area contributed by atoms with E-state index in [4.69, 9.17) is 0 Å². The number of carbonyl (C=O) groups is 1. The van der Waals surface area contributed by atoms with Crippen molar-refractivity contribution < 1.29 is 4.79 Å². The van der Waals surface area contributed by atoms with E-state index in [1.807, 2.05) is 30.1 Å². The van der Waals surface area contributed by atoms with Crippen molar-refractivity contribution >= 4 is 21.8 Å². The zero-order valence-electron chi connectivity index (χ0n) is 11.4. The molecule has 0 bridgehead atoms. The van der Waals surface area contributed by atoms with Crippen molar-refractivity contribution in [1.82, 2.24) is 10.2 Å². The molecule has 1 saturated heterocycles. The minimum absolute atomic E-state index is 0.230. The Kier molecular flexibility index (Phi) is 5.40. The molecule has 1 unspecified atom stereocenters. The summed E-state index contributed by atoms with van der Waals surface area (Å²) in [7, 11) is 1.88. The van der Waals surface area contributed by atoms with Gasteiger partial charge >= 0.3 is 0 Å². The van der Waals surface area contributed by atoms with Crippen LogP contribution in [0.25, 0.3) is 0 Å². The molecule has 19 heavy (non-hydrogen) atoms. The highest BCUT2D eigenvalue weighted by molar-refractivity contribution is 9.10. The highest BCUT2D eigenvalue weighted by Gasteiger charge is 2.17. The summed E-state index contributed by atoms with van der Waals surface area (Å²) >= 11 is 3.45. The molecule has 0 aromatic heterocycles. The summed E-state index contributed by atoms with van der Waals surface area (Å²) in [6, 6.07) is 8.65. The molecule has 0 aliphatic carbocycles. The zero-order chi connectivity index (χ0) is 13.7. The average Bonchev–Trinajstić information content (AvgIpc) is 2.89. The van der Waals surface area contributed by atoms with Crippen LogP contribution in [0.5, 0.6) is 0 Å². The third-order valence-electron chi connectivity index (χ3n) is 3.60. The number of rotatable bonds is 5. The van der Waals surface area contributed by atoms with E-state index in [0.717, 1.165) is 23.0 Å². The number of hydrogen-bond donors (Lipinski definition) is 1. The van der Waals surface area contributed by atoms with E-state index >= 15 is 0 Å². The molecule has 0 radical (unpaired) electrons. The molecule has 1 aliphatic rings. The molecular formula is C15H21BrN2O. The molecule has 1 N–H and O–H groups in total. The molecule has 3 nitrogen and oxygen atoms in total. The maximum atomic E-state index is 12.1. The molecule has 1 aromatic carbocycles. The maximum Gasteiger partial charge on any atom is 0.222 e. The van der Waals surface area contributed by atoms with Crippen molar-refractivity contribution in [3.63, 3.8) is 0 Å². The van der Waals surface area contributed by atoms with Gasteiger partial charge in [-0.2, -0.15) is 0 Å². The highest BCUT2D eigenvalue weighted by atomic mass is 79.9.